The van der Waals surface area contributed by atoms with E-state index in [-0.39, 0.29) is 5.91 Å². The van der Waals surface area contributed by atoms with Crippen LogP contribution in [0.2, 0.25) is 0 Å². The van der Waals surface area contributed by atoms with Gasteiger partial charge in [-0.1, -0.05) is 12.2 Å². The van der Waals surface area contributed by atoms with Crippen molar-refractivity contribution < 1.29 is 4.79 Å². The van der Waals surface area contributed by atoms with E-state index in [9.17, 15) is 4.79 Å². The molecule has 1 amide bonds. The summed E-state index contributed by atoms with van der Waals surface area (Å²) in [5.74, 6) is 0.248. The molecule has 0 spiro atoms. The van der Waals surface area contributed by atoms with Crippen molar-refractivity contribution >= 4 is 5.91 Å². The summed E-state index contributed by atoms with van der Waals surface area (Å²) in [5.41, 5.74) is 0. The van der Waals surface area contributed by atoms with Gasteiger partial charge in [0.25, 0.3) is 0 Å². The van der Waals surface area contributed by atoms with Crippen LogP contribution in [-0.2, 0) is 4.79 Å². The molecule has 0 atom stereocenters. The first kappa shape index (κ1) is 7.32. The van der Waals surface area contributed by atoms with E-state index in [2.05, 4.69) is 0 Å². The van der Waals surface area contributed by atoms with Gasteiger partial charge in [0.05, 0.1) is 0 Å². The number of carbonyl (C=O) groups is 1. The summed E-state index contributed by atoms with van der Waals surface area (Å²) in [5, 5.41) is 0. The monoisotopic (exact) mass is 139 g/mol. The van der Waals surface area contributed by atoms with Crippen molar-refractivity contribution in [3.8, 4) is 0 Å². The lowest BCUT2D eigenvalue weighted by Crippen LogP contribution is -2.38. The Morgan fingerprint density at radius 1 is 1.50 bits per heavy atom. The molecule has 2 nitrogen and oxygen atoms in total. The third kappa shape index (κ3) is 1.38. The maximum Gasteiger partial charge on any atom is 0.226 e. The average molecular weight is 139 g/mol. The van der Waals surface area contributed by atoms with Gasteiger partial charge < -0.3 is 4.90 Å². The molecule has 1 heterocycles. The predicted octanol–water partition coefficient (Wildman–Crippen LogP) is 1.18. The van der Waals surface area contributed by atoms with Crippen molar-refractivity contribution in [2.24, 2.45) is 0 Å². The highest BCUT2D eigenvalue weighted by atomic mass is 16.2. The minimum atomic E-state index is 0.248. The summed E-state index contributed by atoms with van der Waals surface area (Å²) in [6, 6.07) is 0.345. The first-order valence-electron chi connectivity index (χ1n) is 3.66. The summed E-state index contributed by atoms with van der Waals surface area (Å²) in [4.78, 5) is 13.0. The summed E-state index contributed by atoms with van der Waals surface area (Å²) in [7, 11) is 0. The van der Waals surface area contributed by atoms with Gasteiger partial charge in [-0.25, -0.2) is 0 Å². The third-order valence-corrected chi connectivity index (χ3v) is 1.70. The molecule has 0 fully saturated rings. The standard InChI is InChI=1S/C8H13NO/c1-7(2)9-6-4-3-5-8(9)10/h3-4,7H,5-6H2,1-2H3. The first-order chi connectivity index (χ1) is 4.72. The second-order valence-electron chi connectivity index (χ2n) is 2.82. The highest BCUT2D eigenvalue weighted by Gasteiger charge is 2.16. The van der Waals surface area contributed by atoms with Gasteiger partial charge >= 0.3 is 0 Å². The number of nitrogens with zero attached hydrogens (tertiary/aromatic N) is 1. The second-order valence-corrected chi connectivity index (χ2v) is 2.82. The zero-order valence-electron chi connectivity index (χ0n) is 6.50. The Balaban J connectivity index is 2.59. The maximum atomic E-state index is 11.1. The average Bonchev–Trinajstić information content (AvgIpc) is 1.88. The van der Waals surface area contributed by atoms with Crippen molar-refractivity contribution in [3.63, 3.8) is 0 Å². The third-order valence-electron chi connectivity index (χ3n) is 1.70. The Morgan fingerprint density at radius 3 is 2.60 bits per heavy atom. The van der Waals surface area contributed by atoms with Gasteiger partial charge in [0.2, 0.25) is 5.91 Å². The fourth-order valence-electron chi connectivity index (χ4n) is 1.09. The summed E-state index contributed by atoms with van der Waals surface area (Å²) in [6.07, 6.45) is 4.56. The van der Waals surface area contributed by atoms with Crippen LogP contribution in [0, 0.1) is 0 Å². The number of carbonyl (C=O) groups excluding carboxylic acids is 1. The van der Waals surface area contributed by atoms with Crippen LogP contribution in [0.25, 0.3) is 0 Å². The van der Waals surface area contributed by atoms with E-state index in [0.29, 0.717) is 12.5 Å². The molecule has 1 aliphatic heterocycles. The fourth-order valence-corrected chi connectivity index (χ4v) is 1.09. The molecule has 0 radical (unpaired) electrons. The number of hydrogen-bond donors (Lipinski definition) is 0. The Morgan fingerprint density at radius 2 is 2.20 bits per heavy atom. The molecule has 0 saturated carbocycles. The lowest BCUT2D eigenvalue weighted by Gasteiger charge is -2.27. The molecular weight excluding hydrogens is 126 g/mol. The van der Waals surface area contributed by atoms with E-state index >= 15 is 0 Å². The number of rotatable bonds is 1. The van der Waals surface area contributed by atoms with Gasteiger partial charge in [-0.15, -0.1) is 0 Å². The van der Waals surface area contributed by atoms with Gasteiger partial charge in [0, 0.05) is 19.0 Å². The zero-order valence-corrected chi connectivity index (χ0v) is 6.50. The smallest absolute Gasteiger partial charge is 0.226 e. The molecule has 1 rings (SSSR count). The number of hydrogen-bond acceptors (Lipinski definition) is 1. The van der Waals surface area contributed by atoms with Crippen LogP contribution in [0.15, 0.2) is 12.2 Å². The summed E-state index contributed by atoms with van der Waals surface area (Å²) < 4.78 is 0. The van der Waals surface area contributed by atoms with Gasteiger partial charge in [-0.3, -0.25) is 4.79 Å². The number of amides is 1. The van der Waals surface area contributed by atoms with Crippen molar-refractivity contribution in [2.75, 3.05) is 6.54 Å². The molecule has 0 unspecified atom stereocenters. The molecule has 0 N–H and O–H groups in total. The van der Waals surface area contributed by atoms with Crippen LogP contribution in [-0.4, -0.2) is 23.4 Å². The second kappa shape index (κ2) is 2.86. The molecule has 0 aromatic rings. The summed E-state index contributed by atoms with van der Waals surface area (Å²) in [6.45, 7) is 4.87. The van der Waals surface area contributed by atoms with Crippen molar-refractivity contribution in [1.82, 2.24) is 4.90 Å². The molecule has 0 aromatic heterocycles. The van der Waals surface area contributed by atoms with E-state index in [0.717, 1.165) is 6.54 Å². The molecule has 0 saturated heterocycles. The van der Waals surface area contributed by atoms with Crippen molar-refractivity contribution in [2.45, 2.75) is 26.3 Å². The Hall–Kier alpha value is -0.790. The molecule has 0 aliphatic carbocycles. The minimum Gasteiger partial charge on any atom is -0.336 e. The highest BCUT2D eigenvalue weighted by molar-refractivity contribution is 5.79. The van der Waals surface area contributed by atoms with Gasteiger partial charge in [-0.05, 0) is 13.8 Å². The normalized spacial score (nSPS) is 18.7. The SMILES string of the molecule is CC(C)N1CC=CCC1=O. The van der Waals surface area contributed by atoms with Crippen LogP contribution in [0.1, 0.15) is 20.3 Å². The minimum absolute atomic E-state index is 0.248. The topological polar surface area (TPSA) is 20.3 Å². The van der Waals surface area contributed by atoms with Crippen LogP contribution >= 0.6 is 0 Å². The summed E-state index contributed by atoms with van der Waals surface area (Å²) >= 11 is 0. The molecule has 56 valence electrons. The van der Waals surface area contributed by atoms with E-state index in [1.807, 2.05) is 30.9 Å². The highest BCUT2D eigenvalue weighted by Crippen LogP contribution is 2.06. The quantitative estimate of drug-likeness (QED) is 0.499. The lowest BCUT2D eigenvalue weighted by atomic mass is 10.2. The Bertz CT molecular complexity index is 161. The van der Waals surface area contributed by atoms with Crippen LogP contribution in [0.3, 0.4) is 0 Å². The fraction of sp³-hybridized carbons (Fsp3) is 0.625. The molecule has 0 aromatic carbocycles. The van der Waals surface area contributed by atoms with Crippen molar-refractivity contribution in [3.05, 3.63) is 12.2 Å². The van der Waals surface area contributed by atoms with Crippen LogP contribution in [0.5, 0.6) is 0 Å². The molecular formula is C8H13NO. The first-order valence-corrected chi connectivity index (χ1v) is 3.66. The predicted molar refractivity (Wildman–Crippen MR) is 40.6 cm³/mol. The maximum absolute atomic E-state index is 11.1. The Kier molecular flexibility index (Phi) is 2.10. The largest absolute Gasteiger partial charge is 0.336 e. The molecule has 0 bridgehead atoms. The molecule has 1 aliphatic rings. The van der Waals surface area contributed by atoms with E-state index in [1.165, 1.54) is 0 Å². The Labute approximate surface area is 61.5 Å². The molecule has 2 heteroatoms. The van der Waals surface area contributed by atoms with Gasteiger partial charge in [-0.2, -0.15) is 0 Å². The van der Waals surface area contributed by atoms with Crippen LogP contribution in [0.4, 0.5) is 0 Å². The van der Waals surface area contributed by atoms with Gasteiger partial charge in [0.15, 0.2) is 0 Å². The van der Waals surface area contributed by atoms with E-state index < -0.39 is 0 Å². The van der Waals surface area contributed by atoms with Crippen LogP contribution < -0.4 is 0 Å². The van der Waals surface area contributed by atoms with Gasteiger partial charge in [0.1, 0.15) is 0 Å². The van der Waals surface area contributed by atoms with E-state index in [1.54, 1.807) is 0 Å². The van der Waals surface area contributed by atoms with E-state index in [4.69, 9.17) is 0 Å². The zero-order chi connectivity index (χ0) is 7.56. The molecule has 10 heavy (non-hydrogen) atoms. The lowest BCUT2D eigenvalue weighted by molar-refractivity contribution is -0.131. The van der Waals surface area contributed by atoms with Crippen molar-refractivity contribution in [1.29, 1.82) is 0 Å².